The molecule has 1 spiro atoms. The van der Waals surface area contributed by atoms with Crippen LogP contribution in [0.25, 0.3) is 11.3 Å². The maximum absolute atomic E-state index is 14.4. The Balaban J connectivity index is 1.48. The van der Waals surface area contributed by atoms with Gasteiger partial charge < -0.3 is 0 Å². The summed E-state index contributed by atoms with van der Waals surface area (Å²) >= 11 is 7.08. The lowest BCUT2D eigenvalue weighted by Gasteiger charge is -2.36. The number of benzene rings is 3. The molecule has 1 aromatic heterocycles. The molecule has 2 aliphatic rings. The molecule has 4 aromatic rings. The molecule has 3 aromatic carbocycles. The Bertz CT molecular complexity index is 1520. The van der Waals surface area contributed by atoms with Gasteiger partial charge in [0, 0.05) is 22.4 Å². The maximum atomic E-state index is 14.4. The summed E-state index contributed by atoms with van der Waals surface area (Å²) in [4.78, 5) is 32.7. The standard InChI is InChI=1S/C31H27ClN2O2S/c32-24-14-12-21(13-15-24)18-26(35)37-30-33-28-25-11-5-4-10-23(25)19-31(16-6-7-17-31)27(28)29(36)34(30)20-22-8-2-1-3-9-22/h1-5,8-15H,6-7,16-20H2. The molecular formula is C31H27ClN2O2S. The zero-order valence-corrected chi connectivity index (χ0v) is 22.0. The lowest BCUT2D eigenvalue weighted by atomic mass is 9.68. The first-order valence-electron chi connectivity index (χ1n) is 12.8. The van der Waals surface area contributed by atoms with Crippen molar-refractivity contribution in [3.63, 3.8) is 0 Å². The molecule has 186 valence electrons. The highest BCUT2D eigenvalue weighted by Gasteiger charge is 2.44. The molecule has 0 N–H and O–H groups in total. The molecule has 0 saturated heterocycles. The Morgan fingerprint density at radius 3 is 2.38 bits per heavy atom. The number of nitrogens with zero attached hydrogens (tertiary/aromatic N) is 2. The van der Waals surface area contributed by atoms with Crippen LogP contribution in [0.3, 0.4) is 0 Å². The Morgan fingerprint density at radius 2 is 1.62 bits per heavy atom. The van der Waals surface area contributed by atoms with Gasteiger partial charge in [-0.3, -0.25) is 14.2 Å². The van der Waals surface area contributed by atoms with E-state index in [1.54, 1.807) is 16.7 Å². The first-order chi connectivity index (χ1) is 18.0. The van der Waals surface area contributed by atoms with Crippen LogP contribution >= 0.6 is 23.4 Å². The predicted molar refractivity (Wildman–Crippen MR) is 149 cm³/mol. The molecule has 0 amide bonds. The van der Waals surface area contributed by atoms with E-state index in [1.807, 2.05) is 48.5 Å². The van der Waals surface area contributed by atoms with Gasteiger partial charge in [0.05, 0.1) is 17.8 Å². The van der Waals surface area contributed by atoms with Gasteiger partial charge in [-0.05, 0) is 59.8 Å². The predicted octanol–water partition coefficient (Wildman–Crippen LogP) is 6.84. The van der Waals surface area contributed by atoms with E-state index in [-0.39, 0.29) is 22.5 Å². The van der Waals surface area contributed by atoms with Gasteiger partial charge in [-0.15, -0.1) is 0 Å². The Morgan fingerprint density at radius 1 is 0.919 bits per heavy atom. The third-order valence-corrected chi connectivity index (χ3v) is 8.80. The van der Waals surface area contributed by atoms with Crippen molar-refractivity contribution in [1.82, 2.24) is 9.55 Å². The fourth-order valence-corrected chi connectivity index (χ4v) is 6.90. The number of aromatic nitrogens is 2. The van der Waals surface area contributed by atoms with E-state index >= 15 is 0 Å². The minimum Gasteiger partial charge on any atom is -0.286 e. The van der Waals surface area contributed by atoms with Gasteiger partial charge in [0.1, 0.15) is 0 Å². The molecule has 0 aliphatic heterocycles. The number of thioether (sulfide) groups is 1. The highest BCUT2D eigenvalue weighted by atomic mass is 35.5. The van der Waals surface area contributed by atoms with Crippen molar-refractivity contribution in [2.75, 3.05) is 0 Å². The summed E-state index contributed by atoms with van der Waals surface area (Å²) in [6, 6.07) is 25.5. The number of carbonyl (C=O) groups excluding carboxylic acids is 1. The number of fused-ring (bicyclic) bond motifs is 4. The molecular weight excluding hydrogens is 500 g/mol. The average molecular weight is 527 g/mol. The minimum absolute atomic E-state index is 0.00736. The Kier molecular flexibility index (Phi) is 6.51. The van der Waals surface area contributed by atoms with Gasteiger partial charge in [0.2, 0.25) is 5.12 Å². The summed E-state index contributed by atoms with van der Waals surface area (Å²) in [5.41, 5.74) is 5.57. The van der Waals surface area contributed by atoms with E-state index in [4.69, 9.17) is 16.6 Å². The number of rotatable bonds is 5. The van der Waals surface area contributed by atoms with Gasteiger partial charge >= 0.3 is 0 Å². The first-order valence-corrected chi connectivity index (χ1v) is 13.9. The second-order valence-corrected chi connectivity index (χ2v) is 11.6. The van der Waals surface area contributed by atoms with Crippen molar-refractivity contribution in [2.45, 2.75) is 55.6 Å². The number of halogens is 1. The van der Waals surface area contributed by atoms with Crippen LogP contribution in [0.2, 0.25) is 5.02 Å². The van der Waals surface area contributed by atoms with Crippen LogP contribution in [-0.2, 0) is 29.6 Å². The molecule has 6 rings (SSSR count). The molecule has 37 heavy (non-hydrogen) atoms. The highest BCUT2D eigenvalue weighted by Crippen LogP contribution is 2.50. The second-order valence-electron chi connectivity index (χ2n) is 10.1. The van der Waals surface area contributed by atoms with Crippen LogP contribution in [0.4, 0.5) is 0 Å². The summed E-state index contributed by atoms with van der Waals surface area (Å²) in [6.07, 6.45) is 5.35. The summed E-state index contributed by atoms with van der Waals surface area (Å²) in [7, 11) is 0. The molecule has 1 fully saturated rings. The minimum atomic E-state index is -0.178. The van der Waals surface area contributed by atoms with E-state index in [9.17, 15) is 9.59 Å². The Hall–Kier alpha value is -3.15. The van der Waals surface area contributed by atoms with Gasteiger partial charge in [-0.25, -0.2) is 4.98 Å². The fraction of sp³-hybridized carbons (Fsp3) is 0.258. The van der Waals surface area contributed by atoms with Gasteiger partial charge in [-0.2, -0.15) is 0 Å². The fourth-order valence-electron chi connectivity index (χ4n) is 5.94. The topological polar surface area (TPSA) is 52.0 Å². The molecule has 4 nitrogen and oxygen atoms in total. The molecule has 1 heterocycles. The number of hydrogen-bond acceptors (Lipinski definition) is 4. The van der Waals surface area contributed by atoms with E-state index < -0.39 is 0 Å². The molecule has 0 unspecified atom stereocenters. The Labute approximate surface area is 225 Å². The van der Waals surface area contributed by atoms with Crippen molar-refractivity contribution in [2.24, 2.45) is 0 Å². The van der Waals surface area contributed by atoms with Crippen molar-refractivity contribution in [3.8, 4) is 11.3 Å². The van der Waals surface area contributed by atoms with E-state index in [0.717, 1.165) is 71.8 Å². The molecule has 1 saturated carbocycles. The van der Waals surface area contributed by atoms with Crippen LogP contribution in [-0.4, -0.2) is 14.7 Å². The smallest absolute Gasteiger partial charge is 0.258 e. The van der Waals surface area contributed by atoms with Gasteiger partial charge in [-0.1, -0.05) is 91.2 Å². The lowest BCUT2D eigenvalue weighted by molar-refractivity contribution is -0.110. The molecule has 0 bridgehead atoms. The number of hydrogen-bond donors (Lipinski definition) is 0. The highest BCUT2D eigenvalue weighted by molar-refractivity contribution is 8.13. The normalized spacial score (nSPS) is 15.4. The molecule has 2 aliphatic carbocycles. The van der Waals surface area contributed by atoms with Crippen molar-refractivity contribution in [3.05, 3.63) is 116 Å². The van der Waals surface area contributed by atoms with E-state index in [0.29, 0.717) is 16.7 Å². The molecule has 0 atom stereocenters. The quantitative estimate of drug-likeness (QED) is 0.211. The molecule has 0 radical (unpaired) electrons. The SMILES string of the molecule is O=C(Cc1ccc(Cl)cc1)Sc1nc2c(c(=O)n1Cc1ccccc1)C1(CCCC1)Cc1ccccc1-2. The summed E-state index contributed by atoms with van der Waals surface area (Å²) in [5.74, 6) is 0. The average Bonchev–Trinajstić information content (AvgIpc) is 3.36. The monoisotopic (exact) mass is 526 g/mol. The summed E-state index contributed by atoms with van der Waals surface area (Å²) < 4.78 is 1.73. The van der Waals surface area contributed by atoms with Crippen LogP contribution in [0.5, 0.6) is 0 Å². The van der Waals surface area contributed by atoms with E-state index in [2.05, 4.69) is 18.2 Å². The van der Waals surface area contributed by atoms with Crippen LogP contribution in [0, 0.1) is 0 Å². The third kappa shape index (κ3) is 4.67. The van der Waals surface area contributed by atoms with E-state index in [1.165, 1.54) is 5.56 Å². The second kappa shape index (κ2) is 9.96. The number of carbonyl (C=O) groups is 1. The summed E-state index contributed by atoms with van der Waals surface area (Å²) in [6.45, 7) is 0.383. The first kappa shape index (κ1) is 24.2. The van der Waals surface area contributed by atoms with Crippen LogP contribution < -0.4 is 5.56 Å². The third-order valence-electron chi connectivity index (χ3n) is 7.68. The zero-order valence-electron chi connectivity index (χ0n) is 20.5. The summed E-state index contributed by atoms with van der Waals surface area (Å²) in [5, 5.41) is 1.03. The lowest BCUT2D eigenvalue weighted by Crippen LogP contribution is -2.40. The van der Waals surface area contributed by atoms with Crippen molar-refractivity contribution < 1.29 is 4.79 Å². The largest absolute Gasteiger partial charge is 0.286 e. The maximum Gasteiger partial charge on any atom is 0.258 e. The van der Waals surface area contributed by atoms with Crippen LogP contribution in [0.15, 0.2) is 88.8 Å². The van der Waals surface area contributed by atoms with Crippen molar-refractivity contribution in [1.29, 1.82) is 0 Å². The molecule has 6 heteroatoms. The van der Waals surface area contributed by atoms with Gasteiger partial charge in [0.25, 0.3) is 5.56 Å². The zero-order chi connectivity index (χ0) is 25.4. The van der Waals surface area contributed by atoms with Crippen LogP contribution in [0.1, 0.15) is 47.9 Å². The van der Waals surface area contributed by atoms with Gasteiger partial charge in [0.15, 0.2) is 5.16 Å². The van der Waals surface area contributed by atoms with Crippen molar-refractivity contribution >= 4 is 28.5 Å².